The predicted molar refractivity (Wildman–Crippen MR) is 84.5 cm³/mol. The van der Waals surface area contributed by atoms with Gasteiger partial charge in [0.1, 0.15) is 5.60 Å². The Balaban J connectivity index is 2.84. The molecule has 0 heterocycles. The van der Waals surface area contributed by atoms with Gasteiger partial charge in [-0.2, -0.15) is 0 Å². The van der Waals surface area contributed by atoms with Crippen LogP contribution in [0.2, 0.25) is 0 Å². The van der Waals surface area contributed by atoms with E-state index in [0.29, 0.717) is 11.8 Å². The Morgan fingerprint density at radius 2 is 1.60 bits per heavy atom. The van der Waals surface area contributed by atoms with Crippen molar-refractivity contribution in [1.29, 1.82) is 0 Å². The summed E-state index contributed by atoms with van der Waals surface area (Å²) < 4.78 is 6.11. The van der Waals surface area contributed by atoms with E-state index in [4.69, 9.17) is 4.74 Å². The highest BCUT2D eigenvalue weighted by molar-refractivity contribution is 5.74. The molecule has 0 aromatic rings. The minimum atomic E-state index is -0.197. The van der Waals surface area contributed by atoms with E-state index in [1.807, 2.05) is 0 Å². The summed E-state index contributed by atoms with van der Waals surface area (Å²) in [5.74, 6) is 0.958. The number of rotatable bonds is 5. The molecule has 0 radical (unpaired) electrons. The van der Waals surface area contributed by atoms with Crippen LogP contribution in [-0.4, -0.2) is 11.6 Å². The van der Waals surface area contributed by atoms with Crippen molar-refractivity contribution < 1.29 is 9.53 Å². The van der Waals surface area contributed by atoms with Gasteiger partial charge in [0.25, 0.3) is 0 Å². The summed E-state index contributed by atoms with van der Waals surface area (Å²) in [4.78, 5) is 12.8. The van der Waals surface area contributed by atoms with E-state index in [-0.39, 0.29) is 22.9 Å². The molecule has 2 heteroatoms. The fourth-order valence-corrected chi connectivity index (χ4v) is 3.32. The van der Waals surface area contributed by atoms with Gasteiger partial charge in [-0.3, -0.25) is 4.79 Å². The van der Waals surface area contributed by atoms with Crippen molar-refractivity contribution >= 4 is 5.97 Å². The molecule has 0 spiro atoms. The Bertz CT molecular complexity index is 317. The van der Waals surface area contributed by atoms with Gasteiger partial charge in [-0.1, -0.05) is 48.5 Å². The molecule has 1 aliphatic carbocycles. The molecular weight excluding hydrogens is 248 g/mol. The molecule has 1 aliphatic rings. The normalized spacial score (nSPS) is 20.4. The Kier molecular flexibility index (Phi) is 5.69. The van der Waals surface area contributed by atoms with Gasteiger partial charge in [-0.25, -0.2) is 0 Å². The Morgan fingerprint density at radius 3 is 1.95 bits per heavy atom. The van der Waals surface area contributed by atoms with E-state index < -0.39 is 0 Å². The van der Waals surface area contributed by atoms with Gasteiger partial charge >= 0.3 is 5.97 Å². The molecule has 1 saturated carbocycles. The number of carbonyl (C=O) groups excluding carboxylic acids is 1. The summed E-state index contributed by atoms with van der Waals surface area (Å²) in [6, 6.07) is 0. The van der Waals surface area contributed by atoms with Gasteiger partial charge in [0.05, 0.1) is 5.92 Å². The maximum Gasteiger partial charge on any atom is 0.310 e. The average Bonchev–Trinajstić information content (AvgIpc) is 2.73. The number of carbonyl (C=O) groups is 1. The SMILES string of the molecule is CC(C)CC(C(=O)OC1(C(C)C)CCCC1)C(C)(C)C. The molecule has 0 amide bonds. The highest BCUT2D eigenvalue weighted by Gasteiger charge is 2.43. The van der Waals surface area contributed by atoms with Crippen LogP contribution in [0.3, 0.4) is 0 Å². The first-order valence-corrected chi connectivity index (χ1v) is 8.31. The lowest BCUT2D eigenvalue weighted by atomic mass is 9.76. The van der Waals surface area contributed by atoms with Gasteiger partial charge < -0.3 is 4.74 Å². The van der Waals surface area contributed by atoms with E-state index in [1.54, 1.807) is 0 Å². The third-order valence-electron chi connectivity index (χ3n) is 4.84. The summed E-state index contributed by atoms with van der Waals surface area (Å²) in [7, 11) is 0. The highest BCUT2D eigenvalue weighted by Crippen LogP contribution is 2.42. The van der Waals surface area contributed by atoms with E-state index in [1.165, 1.54) is 12.8 Å². The van der Waals surface area contributed by atoms with Gasteiger partial charge in [-0.05, 0) is 49.4 Å². The Hall–Kier alpha value is -0.530. The van der Waals surface area contributed by atoms with Crippen LogP contribution in [0.5, 0.6) is 0 Å². The zero-order valence-corrected chi connectivity index (χ0v) is 14.6. The zero-order valence-electron chi connectivity index (χ0n) is 14.6. The van der Waals surface area contributed by atoms with Crippen molar-refractivity contribution in [2.45, 2.75) is 86.2 Å². The lowest BCUT2D eigenvalue weighted by molar-refractivity contribution is -0.174. The molecule has 1 fully saturated rings. The fraction of sp³-hybridized carbons (Fsp3) is 0.944. The second-order valence-electron chi connectivity index (χ2n) is 8.40. The van der Waals surface area contributed by atoms with E-state index in [0.717, 1.165) is 19.3 Å². The van der Waals surface area contributed by atoms with Crippen molar-refractivity contribution in [3.63, 3.8) is 0 Å². The third kappa shape index (κ3) is 4.23. The van der Waals surface area contributed by atoms with Gasteiger partial charge in [0.15, 0.2) is 0 Å². The highest BCUT2D eigenvalue weighted by atomic mass is 16.6. The Labute approximate surface area is 125 Å². The van der Waals surface area contributed by atoms with E-state index >= 15 is 0 Å². The molecule has 1 unspecified atom stereocenters. The summed E-state index contributed by atoms with van der Waals surface area (Å²) in [6.45, 7) is 15.2. The topological polar surface area (TPSA) is 26.3 Å². The number of ether oxygens (including phenoxy) is 1. The Morgan fingerprint density at radius 1 is 1.10 bits per heavy atom. The second kappa shape index (κ2) is 6.49. The summed E-state index contributed by atoms with van der Waals surface area (Å²) >= 11 is 0. The maximum absolute atomic E-state index is 12.8. The van der Waals surface area contributed by atoms with Crippen LogP contribution < -0.4 is 0 Å². The minimum Gasteiger partial charge on any atom is -0.459 e. The first-order valence-electron chi connectivity index (χ1n) is 8.31. The quantitative estimate of drug-likeness (QED) is 0.647. The first kappa shape index (κ1) is 17.5. The molecule has 0 aromatic carbocycles. The van der Waals surface area contributed by atoms with Gasteiger partial charge in [0, 0.05) is 0 Å². The lowest BCUT2D eigenvalue weighted by Crippen LogP contribution is -2.42. The fourth-order valence-electron chi connectivity index (χ4n) is 3.32. The van der Waals surface area contributed by atoms with Crippen molar-refractivity contribution in [3.05, 3.63) is 0 Å². The molecule has 1 rings (SSSR count). The van der Waals surface area contributed by atoms with Crippen LogP contribution in [-0.2, 0) is 9.53 Å². The average molecular weight is 282 g/mol. The minimum absolute atomic E-state index is 0.00118. The zero-order chi connectivity index (χ0) is 15.6. The largest absolute Gasteiger partial charge is 0.459 e. The standard InChI is InChI=1S/C18H34O2/c1-13(2)12-15(17(5,6)7)16(19)20-18(14(3)4)10-8-9-11-18/h13-15H,8-12H2,1-7H3. The van der Waals surface area contributed by atoms with Crippen LogP contribution in [0.25, 0.3) is 0 Å². The molecule has 0 aliphatic heterocycles. The van der Waals surface area contributed by atoms with E-state index in [2.05, 4.69) is 48.5 Å². The summed E-state index contributed by atoms with van der Waals surface area (Å²) in [6.07, 6.45) is 5.37. The lowest BCUT2D eigenvalue weighted by Gasteiger charge is -2.38. The molecule has 0 aromatic heterocycles. The van der Waals surface area contributed by atoms with Crippen molar-refractivity contribution in [2.75, 3.05) is 0 Å². The monoisotopic (exact) mass is 282 g/mol. The van der Waals surface area contributed by atoms with Gasteiger partial charge in [0.2, 0.25) is 0 Å². The molecule has 2 nitrogen and oxygen atoms in total. The number of hydrogen-bond donors (Lipinski definition) is 0. The molecule has 0 N–H and O–H groups in total. The van der Waals surface area contributed by atoms with Crippen molar-refractivity contribution in [2.24, 2.45) is 23.2 Å². The first-order chi connectivity index (χ1) is 9.08. The van der Waals surface area contributed by atoms with Crippen LogP contribution in [0.1, 0.15) is 80.6 Å². The van der Waals surface area contributed by atoms with E-state index in [9.17, 15) is 4.79 Å². The summed E-state index contributed by atoms with van der Waals surface area (Å²) in [5, 5.41) is 0. The molecular formula is C18H34O2. The van der Waals surface area contributed by atoms with Gasteiger partial charge in [-0.15, -0.1) is 0 Å². The molecule has 118 valence electrons. The second-order valence-corrected chi connectivity index (χ2v) is 8.40. The van der Waals surface area contributed by atoms with Crippen molar-refractivity contribution in [3.8, 4) is 0 Å². The molecule has 20 heavy (non-hydrogen) atoms. The summed E-state index contributed by atoms with van der Waals surface area (Å²) in [5.41, 5.74) is -0.226. The smallest absolute Gasteiger partial charge is 0.310 e. The van der Waals surface area contributed by atoms with Crippen LogP contribution >= 0.6 is 0 Å². The molecule has 0 saturated heterocycles. The van der Waals surface area contributed by atoms with Crippen LogP contribution in [0, 0.1) is 23.2 Å². The third-order valence-corrected chi connectivity index (χ3v) is 4.84. The molecule has 1 atom stereocenters. The van der Waals surface area contributed by atoms with Crippen LogP contribution in [0.4, 0.5) is 0 Å². The number of hydrogen-bond acceptors (Lipinski definition) is 2. The van der Waals surface area contributed by atoms with Crippen LogP contribution in [0.15, 0.2) is 0 Å². The van der Waals surface area contributed by atoms with Crippen molar-refractivity contribution in [1.82, 2.24) is 0 Å². The maximum atomic E-state index is 12.8. The number of esters is 1. The molecule has 0 bridgehead atoms. The predicted octanol–water partition coefficient (Wildman–Crippen LogP) is 5.21.